The van der Waals surface area contributed by atoms with Gasteiger partial charge in [0.1, 0.15) is 5.75 Å². The van der Waals surface area contributed by atoms with Crippen LogP contribution in [0.5, 0.6) is 5.75 Å². The summed E-state index contributed by atoms with van der Waals surface area (Å²) in [4.78, 5) is 15.5. The predicted molar refractivity (Wildman–Crippen MR) is 65.4 cm³/mol. The highest BCUT2D eigenvalue weighted by molar-refractivity contribution is 9.10. The largest absolute Gasteiger partial charge is 0.426 e. The Morgan fingerprint density at radius 2 is 2.25 bits per heavy atom. The van der Waals surface area contributed by atoms with Crippen molar-refractivity contribution in [1.82, 2.24) is 4.98 Å². The average molecular weight is 280 g/mol. The molecule has 4 heteroatoms. The van der Waals surface area contributed by atoms with Crippen LogP contribution in [-0.4, -0.2) is 11.0 Å². The highest BCUT2D eigenvalue weighted by Crippen LogP contribution is 2.30. The zero-order valence-electron chi connectivity index (χ0n) is 8.74. The molecule has 0 saturated heterocycles. The number of carbonyl (C=O) groups is 1. The Bertz CT molecular complexity index is 540. The first-order valence-corrected chi connectivity index (χ1v) is 5.75. The van der Waals surface area contributed by atoms with Gasteiger partial charge in [0.2, 0.25) is 0 Å². The molecule has 0 aliphatic rings. The molecule has 0 N–H and O–H groups in total. The van der Waals surface area contributed by atoms with Gasteiger partial charge in [-0.1, -0.05) is 6.92 Å². The van der Waals surface area contributed by atoms with E-state index in [-0.39, 0.29) is 5.97 Å². The number of halogens is 1. The van der Waals surface area contributed by atoms with Crippen LogP contribution in [0.2, 0.25) is 0 Å². The van der Waals surface area contributed by atoms with E-state index in [2.05, 4.69) is 20.9 Å². The Morgan fingerprint density at radius 3 is 3.00 bits per heavy atom. The lowest BCUT2D eigenvalue weighted by Gasteiger charge is -2.07. The zero-order chi connectivity index (χ0) is 11.5. The minimum atomic E-state index is -0.243. The monoisotopic (exact) mass is 279 g/mol. The van der Waals surface area contributed by atoms with Crippen LogP contribution in [0.15, 0.2) is 34.9 Å². The third kappa shape index (κ3) is 2.07. The molecule has 2 rings (SSSR count). The fraction of sp³-hybridized carbons (Fsp3) is 0.167. The molecule has 3 nitrogen and oxygen atoms in total. The van der Waals surface area contributed by atoms with Gasteiger partial charge in [0.05, 0.1) is 5.52 Å². The third-order valence-corrected chi connectivity index (χ3v) is 2.83. The molecule has 1 heterocycles. The minimum absolute atomic E-state index is 0.243. The van der Waals surface area contributed by atoms with Crippen molar-refractivity contribution in [3.63, 3.8) is 0 Å². The van der Waals surface area contributed by atoms with Gasteiger partial charge >= 0.3 is 5.97 Å². The normalized spacial score (nSPS) is 10.4. The summed E-state index contributed by atoms with van der Waals surface area (Å²) in [5, 5.41) is 0.832. The van der Waals surface area contributed by atoms with Crippen molar-refractivity contribution in [2.45, 2.75) is 13.3 Å². The number of pyridine rings is 1. The van der Waals surface area contributed by atoms with Gasteiger partial charge < -0.3 is 4.74 Å². The molecular weight excluding hydrogens is 270 g/mol. The van der Waals surface area contributed by atoms with Gasteiger partial charge in [-0.2, -0.15) is 0 Å². The van der Waals surface area contributed by atoms with E-state index in [1.165, 1.54) is 0 Å². The van der Waals surface area contributed by atoms with E-state index in [4.69, 9.17) is 4.74 Å². The summed E-state index contributed by atoms with van der Waals surface area (Å²) < 4.78 is 6.12. The van der Waals surface area contributed by atoms with Crippen LogP contribution >= 0.6 is 15.9 Å². The standard InChI is InChI=1S/C12H10BrNO2/c1-2-11(15)16-10-6-5-9(13)12-8(10)4-3-7-14-12/h3-7H,2H2,1H3. The van der Waals surface area contributed by atoms with Crippen LogP contribution in [0.3, 0.4) is 0 Å². The zero-order valence-corrected chi connectivity index (χ0v) is 10.3. The molecule has 16 heavy (non-hydrogen) atoms. The average Bonchev–Trinajstić information content (AvgIpc) is 2.33. The van der Waals surface area contributed by atoms with E-state index in [0.29, 0.717) is 12.2 Å². The van der Waals surface area contributed by atoms with Crippen molar-refractivity contribution in [2.24, 2.45) is 0 Å². The van der Waals surface area contributed by atoms with E-state index in [1.807, 2.05) is 18.2 Å². The van der Waals surface area contributed by atoms with E-state index in [9.17, 15) is 4.79 Å². The first-order chi connectivity index (χ1) is 7.72. The molecule has 1 aromatic heterocycles. The Kier molecular flexibility index (Phi) is 3.19. The summed E-state index contributed by atoms with van der Waals surface area (Å²) in [5.74, 6) is 0.311. The van der Waals surface area contributed by atoms with Crippen molar-refractivity contribution in [1.29, 1.82) is 0 Å². The molecule has 2 aromatic rings. The van der Waals surface area contributed by atoms with Crippen molar-refractivity contribution >= 4 is 32.8 Å². The molecule has 0 bridgehead atoms. The van der Waals surface area contributed by atoms with Crippen molar-refractivity contribution in [2.75, 3.05) is 0 Å². The quantitative estimate of drug-likeness (QED) is 0.625. The van der Waals surface area contributed by atoms with Crippen LogP contribution in [-0.2, 0) is 4.79 Å². The highest BCUT2D eigenvalue weighted by Gasteiger charge is 2.08. The fourth-order valence-electron chi connectivity index (χ4n) is 1.40. The van der Waals surface area contributed by atoms with Crippen LogP contribution in [0.4, 0.5) is 0 Å². The molecule has 82 valence electrons. The van der Waals surface area contributed by atoms with Gasteiger partial charge in [0.15, 0.2) is 0 Å². The lowest BCUT2D eigenvalue weighted by Crippen LogP contribution is -2.05. The summed E-state index contributed by atoms with van der Waals surface area (Å²) in [6.07, 6.45) is 2.07. The predicted octanol–water partition coefficient (Wildman–Crippen LogP) is 3.31. The smallest absolute Gasteiger partial charge is 0.310 e. The van der Waals surface area contributed by atoms with Crippen LogP contribution < -0.4 is 4.74 Å². The van der Waals surface area contributed by atoms with Crippen LogP contribution in [0, 0.1) is 0 Å². The lowest BCUT2D eigenvalue weighted by molar-refractivity contribution is -0.133. The second-order valence-electron chi connectivity index (χ2n) is 3.27. The first-order valence-electron chi connectivity index (χ1n) is 4.96. The number of carbonyl (C=O) groups excluding carboxylic acids is 1. The molecule has 0 aliphatic carbocycles. The summed E-state index contributed by atoms with van der Waals surface area (Å²) in [7, 11) is 0. The van der Waals surface area contributed by atoms with E-state index in [0.717, 1.165) is 15.4 Å². The van der Waals surface area contributed by atoms with Gasteiger partial charge in [-0.25, -0.2) is 0 Å². The van der Waals surface area contributed by atoms with Crippen molar-refractivity contribution < 1.29 is 9.53 Å². The number of nitrogens with zero attached hydrogens (tertiary/aromatic N) is 1. The second kappa shape index (κ2) is 4.61. The molecule has 0 atom stereocenters. The summed E-state index contributed by atoms with van der Waals surface area (Å²) in [6.45, 7) is 1.77. The Labute approximate surface area is 102 Å². The molecule has 0 unspecified atom stereocenters. The molecular formula is C12H10BrNO2. The van der Waals surface area contributed by atoms with E-state index >= 15 is 0 Å². The van der Waals surface area contributed by atoms with Gasteiger partial charge in [-0.15, -0.1) is 0 Å². The molecule has 0 fully saturated rings. The van der Waals surface area contributed by atoms with E-state index in [1.54, 1.807) is 19.2 Å². The maximum atomic E-state index is 11.3. The molecule has 0 radical (unpaired) electrons. The summed E-state index contributed by atoms with van der Waals surface area (Å²) >= 11 is 3.41. The number of benzene rings is 1. The van der Waals surface area contributed by atoms with Crippen molar-refractivity contribution in [3.8, 4) is 5.75 Å². The lowest BCUT2D eigenvalue weighted by atomic mass is 10.2. The number of rotatable bonds is 2. The van der Waals surface area contributed by atoms with Gasteiger partial charge in [0, 0.05) is 22.5 Å². The fourth-order valence-corrected chi connectivity index (χ4v) is 1.84. The number of hydrogen-bond donors (Lipinski definition) is 0. The topological polar surface area (TPSA) is 39.2 Å². The summed E-state index contributed by atoms with van der Waals surface area (Å²) in [6, 6.07) is 7.29. The first kappa shape index (κ1) is 11.1. The number of ether oxygens (including phenoxy) is 1. The number of esters is 1. The second-order valence-corrected chi connectivity index (χ2v) is 4.13. The molecule has 0 saturated carbocycles. The molecule has 0 amide bonds. The maximum Gasteiger partial charge on any atom is 0.310 e. The highest BCUT2D eigenvalue weighted by atomic mass is 79.9. The minimum Gasteiger partial charge on any atom is -0.426 e. The Hall–Kier alpha value is -1.42. The third-order valence-electron chi connectivity index (χ3n) is 2.19. The molecule has 1 aromatic carbocycles. The van der Waals surface area contributed by atoms with Gasteiger partial charge in [-0.05, 0) is 40.2 Å². The Balaban J connectivity index is 2.54. The number of hydrogen-bond acceptors (Lipinski definition) is 3. The summed E-state index contributed by atoms with van der Waals surface area (Å²) in [5.41, 5.74) is 0.795. The van der Waals surface area contributed by atoms with E-state index < -0.39 is 0 Å². The van der Waals surface area contributed by atoms with Crippen LogP contribution in [0.1, 0.15) is 13.3 Å². The Morgan fingerprint density at radius 1 is 1.44 bits per heavy atom. The van der Waals surface area contributed by atoms with Crippen molar-refractivity contribution in [3.05, 3.63) is 34.9 Å². The molecule has 0 spiro atoms. The SMILES string of the molecule is CCC(=O)Oc1ccc(Br)c2ncccc12. The van der Waals surface area contributed by atoms with Crippen LogP contribution in [0.25, 0.3) is 10.9 Å². The molecule has 0 aliphatic heterocycles. The number of aromatic nitrogens is 1. The maximum absolute atomic E-state index is 11.3. The number of fused-ring (bicyclic) bond motifs is 1. The van der Waals surface area contributed by atoms with Gasteiger partial charge in [0.25, 0.3) is 0 Å². The van der Waals surface area contributed by atoms with Gasteiger partial charge in [-0.3, -0.25) is 9.78 Å².